The number of hydrogen-bond donors (Lipinski definition) is 1. The summed E-state index contributed by atoms with van der Waals surface area (Å²) in [5.74, 6) is 0.262. The molecule has 0 bridgehead atoms. The van der Waals surface area contributed by atoms with Crippen molar-refractivity contribution in [2.45, 2.75) is 0 Å². The Hall–Kier alpha value is -3.14. The fraction of sp³-hybridized carbons (Fsp3) is 0.0526. The van der Waals surface area contributed by atoms with Gasteiger partial charge in [-0.15, -0.1) is 0 Å². The zero-order chi connectivity index (χ0) is 16.1. The quantitative estimate of drug-likeness (QED) is 0.577. The van der Waals surface area contributed by atoms with Crippen molar-refractivity contribution in [1.29, 1.82) is 0 Å². The van der Waals surface area contributed by atoms with Crippen LogP contribution in [0.4, 0.5) is 0 Å². The first-order valence-corrected chi connectivity index (χ1v) is 7.29. The maximum Gasteiger partial charge on any atom is 0.116 e. The molecule has 2 aromatic carbocycles. The molecular formula is C19H17N3O. The molecule has 0 aliphatic carbocycles. The predicted molar refractivity (Wildman–Crippen MR) is 92.1 cm³/mol. The highest BCUT2D eigenvalue weighted by atomic mass is 16.3. The van der Waals surface area contributed by atoms with Crippen LogP contribution in [0.5, 0.6) is 5.75 Å². The van der Waals surface area contributed by atoms with Gasteiger partial charge >= 0.3 is 0 Å². The highest BCUT2D eigenvalue weighted by molar-refractivity contribution is 5.81. The van der Waals surface area contributed by atoms with Crippen LogP contribution in [0.1, 0.15) is 0 Å². The molecular weight excluding hydrogens is 286 g/mol. The Labute approximate surface area is 134 Å². The Morgan fingerprint density at radius 2 is 1.83 bits per heavy atom. The maximum atomic E-state index is 9.46. The first kappa shape index (κ1) is 14.8. The Kier molecular flexibility index (Phi) is 4.34. The number of aryl methyl sites for hydroxylation is 1. The number of phenols is 1. The van der Waals surface area contributed by atoms with Crippen molar-refractivity contribution in [3.05, 3.63) is 79.4 Å². The first-order valence-electron chi connectivity index (χ1n) is 7.29. The van der Waals surface area contributed by atoms with Crippen molar-refractivity contribution in [3.8, 4) is 17.0 Å². The SMILES string of the molecule is Cn1ccnc1.Oc1cccc(-c2ccc3ccccc3n2)c1. The van der Waals surface area contributed by atoms with Crippen LogP contribution in [-0.2, 0) is 7.05 Å². The number of hydrogen-bond acceptors (Lipinski definition) is 3. The lowest BCUT2D eigenvalue weighted by Crippen LogP contribution is -1.84. The van der Waals surface area contributed by atoms with Gasteiger partial charge in [-0.05, 0) is 24.3 Å². The van der Waals surface area contributed by atoms with Gasteiger partial charge in [0.2, 0.25) is 0 Å². The summed E-state index contributed by atoms with van der Waals surface area (Å²) in [5.41, 5.74) is 2.77. The van der Waals surface area contributed by atoms with Crippen LogP contribution in [0.15, 0.2) is 79.4 Å². The zero-order valence-corrected chi connectivity index (χ0v) is 12.8. The van der Waals surface area contributed by atoms with Crippen LogP contribution in [0.3, 0.4) is 0 Å². The highest BCUT2D eigenvalue weighted by Crippen LogP contribution is 2.23. The number of pyridine rings is 1. The molecule has 0 aliphatic heterocycles. The fourth-order valence-corrected chi connectivity index (χ4v) is 2.22. The largest absolute Gasteiger partial charge is 0.508 e. The van der Waals surface area contributed by atoms with Crippen molar-refractivity contribution in [2.75, 3.05) is 0 Å². The summed E-state index contributed by atoms with van der Waals surface area (Å²) in [6, 6.07) is 19.1. The smallest absolute Gasteiger partial charge is 0.116 e. The van der Waals surface area contributed by atoms with Gasteiger partial charge in [0, 0.05) is 30.4 Å². The molecule has 2 heterocycles. The number of aromatic hydroxyl groups is 1. The molecule has 4 nitrogen and oxygen atoms in total. The van der Waals surface area contributed by atoms with Crippen molar-refractivity contribution >= 4 is 10.9 Å². The van der Waals surface area contributed by atoms with Crippen molar-refractivity contribution in [3.63, 3.8) is 0 Å². The van der Waals surface area contributed by atoms with Gasteiger partial charge in [-0.25, -0.2) is 9.97 Å². The number of benzene rings is 2. The van der Waals surface area contributed by atoms with E-state index in [9.17, 15) is 5.11 Å². The van der Waals surface area contributed by atoms with Gasteiger partial charge in [0.1, 0.15) is 5.75 Å². The van der Waals surface area contributed by atoms with Crippen LogP contribution in [0.25, 0.3) is 22.2 Å². The number of nitrogens with zero attached hydrogens (tertiary/aromatic N) is 3. The van der Waals surface area contributed by atoms with E-state index in [2.05, 4.69) is 9.97 Å². The minimum Gasteiger partial charge on any atom is -0.508 e. The van der Waals surface area contributed by atoms with Crippen LogP contribution in [0.2, 0.25) is 0 Å². The van der Waals surface area contributed by atoms with E-state index < -0.39 is 0 Å². The minimum absolute atomic E-state index is 0.262. The van der Waals surface area contributed by atoms with Gasteiger partial charge in [-0.2, -0.15) is 0 Å². The maximum absolute atomic E-state index is 9.46. The lowest BCUT2D eigenvalue weighted by molar-refractivity contribution is 0.475. The topological polar surface area (TPSA) is 50.9 Å². The third kappa shape index (κ3) is 3.74. The molecule has 0 saturated heterocycles. The Balaban J connectivity index is 0.000000220. The van der Waals surface area contributed by atoms with Gasteiger partial charge in [-0.3, -0.25) is 0 Å². The number of imidazole rings is 1. The lowest BCUT2D eigenvalue weighted by Gasteiger charge is -2.03. The molecule has 4 heteroatoms. The van der Waals surface area contributed by atoms with E-state index in [1.54, 1.807) is 24.7 Å². The Bertz CT molecular complexity index is 901. The summed E-state index contributed by atoms with van der Waals surface area (Å²) in [7, 11) is 1.94. The molecule has 4 aromatic rings. The van der Waals surface area contributed by atoms with E-state index in [1.165, 1.54) is 0 Å². The second-order valence-electron chi connectivity index (χ2n) is 5.17. The number of para-hydroxylation sites is 1. The summed E-state index contributed by atoms with van der Waals surface area (Å²) in [4.78, 5) is 8.36. The Morgan fingerprint density at radius 3 is 2.52 bits per heavy atom. The minimum atomic E-state index is 0.262. The molecule has 0 saturated carbocycles. The average Bonchev–Trinajstić information content (AvgIpc) is 3.06. The molecule has 114 valence electrons. The third-order valence-electron chi connectivity index (χ3n) is 3.38. The second kappa shape index (κ2) is 6.75. The van der Waals surface area contributed by atoms with Crippen LogP contribution in [-0.4, -0.2) is 19.6 Å². The molecule has 0 radical (unpaired) electrons. The van der Waals surface area contributed by atoms with Gasteiger partial charge < -0.3 is 9.67 Å². The van der Waals surface area contributed by atoms with Crippen molar-refractivity contribution < 1.29 is 5.11 Å². The van der Waals surface area contributed by atoms with Crippen LogP contribution >= 0.6 is 0 Å². The lowest BCUT2D eigenvalue weighted by atomic mass is 10.1. The van der Waals surface area contributed by atoms with E-state index in [4.69, 9.17) is 0 Å². The number of phenolic OH excluding ortho intramolecular Hbond substituents is 1. The molecule has 2 aromatic heterocycles. The van der Waals surface area contributed by atoms with Gasteiger partial charge in [0.05, 0.1) is 17.5 Å². The van der Waals surface area contributed by atoms with Crippen molar-refractivity contribution in [2.24, 2.45) is 7.05 Å². The van der Waals surface area contributed by atoms with Gasteiger partial charge in [0.15, 0.2) is 0 Å². The highest BCUT2D eigenvalue weighted by Gasteiger charge is 2.01. The fourth-order valence-electron chi connectivity index (χ4n) is 2.22. The predicted octanol–water partition coefficient (Wildman–Crippen LogP) is 4.03. The summed E-state index contributed by atoms with van der Waals surface area (Å²) < 4.78 is 1.89. The third-order valence-corrected chi connectivity index (χ3v) is 3.38. The summed E-state index contributed by atoms with van der Waals surface area (Å²) in [6.07, 6.45) is 5.39. The molecule has 1 N–H and O–H groups in total. The zero-order valence-electron chi connectivity index (χ0n) is 12.8. The van der Waals surface area contributed by atoms with E-state index in [-0.39, 0.29) is 5.75 Å². The monoisotopic (exact) mass is 303 g/mol. The normalized spacial score (nSPS) is 10.1. The first-order chi connectivity index (χ1) is 11.2. The molecule has 23 heavy (non-hydrogen) atoms. The van der Waals surface area contributed by atoms with E-state index >= 15 is 0 Å². The number of aromatic nitrogens is 3. The van der Waals surface area contributed by atoms with E-state index in [0.717, 1.165) is 22.2 Å². The van der Waals surface area contributed by atoms with Crippen molar-refractivity contribution in [1.82, 2.24) is 14.5 Å². The van der Waals surface area contributed by atoms with E-state index in [0.29, 0.717) is 0 Å². The Morgan fingerprint density at radius 1 is 0.957 bits per heavy atom. The van der Waals surface area contributed by atoms with E-state index in [1.807, 2.05) is 66.3 Å². The molecule has 0 atom stereocenters. The average molecular weight is 303 g/mol. The van der Waals surface area contributed by atoms with Crippen LogP contribution < -0.4 is 0 Å². The molecule has 0 aliphatic rings. The molecule has 0 fully saturated rings. The standard InChI is InChI=1S/C15H11NO.C4H6N2/c17-13-6-3-5-12(10-13)15-9-8-11-4-1-2-7-14(11)16-15;1-6-3-2-5-4-6/h1-10,17H;2-4H,1H3. The summed E-state index contributed by atoms with van der Waals surface area (Å²) >= 11 is 0. The van der Waals surface area contributed by atoms with Gasteiger partial charge in [0.25, 0.3) is 0 Å². The second-order valence-corrected chi connectivity index (χ2v) is 5.17. The number of rotatable bonds is 1. The van der Waals surface area contributed by atoms with Gasteiger partial charge in [-0.1, -0.05) is 36.4 Å². The summed E-state index contributed by atoms with van der Waals surface area (Å²) in [6.45, 7) is 0. The molecule has 0 amide bonds. The van der Waals surface area contributed by atoms with Crippen LogP contribution in [0, 0.1) is 0 Å². The summed E-state index contributed by atoms with van der Waals surface area (Å²) in [5, 5.41) is 10.6. The molecule has 0 unspecified atom stereocenters. The number of fused-ring (bicyclic) bond motifs is 1. The molecule has 0 spiro atoms. The molecule has 4 rings (SSSR count).